The van der Waals surface area contributed by atoms with Gasteiger partial charge in [-0.1, -0.05) is 30.3 Å². The standard InChI is InChI=1S/C23H29BrN2O5.ClH.H2/c1-15-20(18(27)14-19(21(15)24)31-12-8-7-11-25-2)22(28)26-17(23(29)30-3)13-16-9-5-4-6-10-16;;/h4-6,9-10,14,17,25,27H,7-8,11-13H2,1-3H3,(H,26,28);2*1H/t17-;;/m0../s1. The lowest BCUT2D eigenvalue weighted by atomic mass is 10.0. The summed E-state index contributed by atoms with van der Waals surface area (Å²) in [5.41, 5.74) is 1.48. The molecule has 2 rings (SSSR count). The van der Waals surface area contributed by atoms with E-state index in [-0.39, 0.29) is 31.6 Å². The zero-order valence-electron chi connectivity index (χ0n) is 18.4. The fourth-order valence-electron chi connectivity index (χ4n) is 3.14. The highest BCUT2D eigenvalue weighted by Gasteiger charge is 2.26. The molecule has 0 unspecified atom stereocenters. The van der Waals surface area contributed by atoms with Crippen molar-refractivity contribution in [2.75, 3.05) is 27.3 Å². The number of amides is 1. The molecule has 0 aliphatic carbocycles. The van der Waals surface area contributed by atoms with E-state index in [1.54, 1.807) is 6.92 Å². The maximum Gasteiger partial charge on any atom is 0.328 e. The van der Waals surface area contributed by atoms with Crippen LogP contribution < -0.4 is 15.4 Å². The SMILES string of the molecule is CNCCCCOc1cc(O)c(C(=O)N[C@@H](Cc2ccccc2)C(=O)OC)c(C)c1Br.Cl.[HH]. The smallest absolute Gasteiger partial charge is 0.328 e. The Balaban J connectivity index is 0.00000512. The third-order valence-electron chi connectivity index (χ3n) is 4.82. The number of unbranched alkanes of at least 4 members (excludes halogenated alkanes) is 1. The molecule has 0 aromatic heterocycles. The number of rotatable bonds is 11. The van der Waals surface area contributed by atoms with Crippen molar-refractivity contribution in [2.24, 2.45) is 0 Å². The number of halogens is 2. The first-order valence-electron chi connectivity index (χ1n) is 10.1. The molecular weight excluding hydrogens is 500 g/mol. The number of carbonyl (C=O) groups is 2. The predicted octanol–water partition coefficient (Wildman–Crippen LogP) is 4.02. The van der Waals surface area contributed by atoms with Crippen LogP contribution in [0.15, 0.2) is 40.9 Å². The average molecular weight is 532 g/mol. The second-order valence-corrected chi connectivity index (χ2v) is 7.90. The summed E-state index contributed by atoms with van der Waals surface area (Å²) in [5.74, 6) is -0.880. The Morgan fingerprint density at radius 3 is 2.53 bits per heavy atom. The van der Waals surface area contributed by atoms with E-state index >= 15 is 0 Å². The molecule has 178 valence electrons. The molecule has 0 spiro atoms. The van der Waals surface area contributed by atoms with Gasteiger partial charge in [0, 0.05) is 13.9 Å². The van der Waals surface area contributed by atoms with Gasteiger partial charge >= 0.3 is 5.97 Å². The fourth-order valence-corrected chi connectivity index (χ4v) is 3.57. The maximum atomic E-state index is 13.0. The van der Waals surface area contributed by atoms with Crippen LogP contribution in [-0.2, 0) is 16.0 Å². The number of hydrogen-bond donors (Lipinski definition) is 3. The van der Waals surface area contributed by atoms with E-state index in [1.807, 2.05) is 37.4 Å². The first-order chi connectivity index (χ1) is 14.9. The number of carbonyl (C=O) groups excluding carboxylic acids is 2. The molecule has 0 fully saturated rings. The summed E-state index contributed by atoms with van der Waals surface area (Å²) in [4.78, 5) is 25.2. The molecule has 32 heavy (non-hydrogen) atoms. The monoisotopic (exact) mass is 530 g/mol. The van der Waals surface area contributed by atoms with Crippen molar-refractivity contribution in [3.05, 3.63) is 57.6 Å². The Morgan fingerprint density at radius 2 is 1.91 bits per heavy atom. The van der Waals surface area contributed by atoms with E-state index in [0.717, 1.165) is 24.9 Å². The van der Waals surface area contributed by atoms with Gasteiger partial charge in [-0.2, -0.15) is 0 Å². The van der Waals surface area contributed by atoms with Gasteiger partial charge < -0.3 is 25.2 Å². The molecule has 2 aromatic carbocycles. The van der Waals surface area contributed by atoms with Crippen LogP contribution in [-0.4, -0.2) is 50.3 Å². The van der Waals surface area contributed by atoms with E-state index in [1.165, 1.54) is 13.2 Å². The molecule has 7 nitrogen and oxygen atoms in total. The Labute approximate surface area is 204 Å². The lowest BCUT2D eigenvalue weighted by Gasteiger charge is -2.19. The second kappa shape index (κ2) is 14.0. The highest BCUT2D eigenvalue weighted by molar-refractivity contribution is 9.10. The van der Waals surface area contributed by atoms with Crippen LogP contribution in [0, 0.1) is 6.92 Å². The van der Waals surface area contributed by atoms with Gasteiger partial charge in [0.25, 0.3) is 5.91 Å². The Hall–Kier alpha value is -2.29. The van der Waals surface area contributed by atoms with Crippen molar-refractivity contribution in [1.82, 2.24) is 10.6 Å². The lowest BCUT2D eigenvalue weighted by Crippen LogP contribution is -2.43. The van der Waals surface area contributed by atoms with Crippen molar-refractivity contribution < 1.29 is 25.6 Å². The Bertz CT molecular complexity index is 902. The quantitative estimate of drug-likeness (QED) is 0.299. The molecule has 0 heterocycles. The number of phenols is 1. The number of benzene rings is 2. The van der Waals surface area contributed by atoms with Gasteiger partial charge in [0.1, 0.15) is 17.5 Å². The summed E-state index contributed by atoms with van der Waals surface area (Å²) < 4.78 is 11.2. The summed E-state index contributed by atoms with van der Waals surface area (Å²) in [5, 5.41) is 16.3. The van der Waals surface area contributed by atoms with Gasteiger partial charge in [-0.05, 0) is 60.4 Å². The summed E-state index contributed by atoms with van der Waals surface area (Å²) in [6, 6.07) is 9.84. The molecule has 9 heteroatoms. The van der Waals surface area contributed by atoms with E-state index in [0.29, 0.717) is 22.4 Å². The summed E-state index contributed by atoms with van der Waals surface area (Å²) in [6.45, 7) is 3.10. The van der Waals surface area contributed by atoms with Crippen molar-refractivity contribution in [2.45, 2.75) is 32.2 Å². The van der Waals surface area contributed by atoms with Crippen LogP contribution >= 0.6 is 28.3 Å². The summed E-state index contributed by atoms with van der Waals surface area (Å²) in [7, 11) is 3.17. The number of nitrogens with one attached hydrogen (secondary N) is 2. The molecule has 0 aliphatic heterocycles. The van der Waals surface area contributed by atoms with E-state index in [2.05, 4.69) is 26.6 Å². The minimum atomic E-state index is -0.888. The van der Waals surface area contributed by atoms with Crippen molar-refractivity contribution in [1.29, 1.82) is 0 Å². The zero-order valence-corrected chi connectivity index (χ0v) is 20.8. The van der Waals surface area contributed by atoms with Crippen LogP contribution in [0.25, 0.3) is 0 Å². The minimum Gasteiger partial charge on any atom is -0.507 e. The number of hydrogen-bond acceptors (Lipinski definition) is 6. The molecule has 1 amide bonds. The van der Waals surface area contributed by atoms with Crippen LogP contribution in [0.2, 0.25) is 0 Å². The van der Waals surface area contributed by atoms with Gasteiger partial charge in [0.15, 0.2) is 0 Å². The highest BCUT2D eigenvalue weighted by atomic mass is 79.9. The van der Waals surface area contributed by atoms with E-state index < -0.39 is 17.9 Å². The first kappa shape index (κ1) is 27.7. The first-order valence-corrected chi connectivity index (χ1v) is 10.9. The summed E-state index contributed by atoms with van der Waals surface area (Å²) >= 11 is 3.46. The largest absolute Gasteiger partial charge is 0.507 e. The Kier molecular flexibility index (Phi) is 12.1. The molecule has 0 radical (unpaired) electrons. The third kappa shape index (κ3) is 7.69. The summed E-state index contributed by atoms with van der Waals surface area (Å²) in [6.07, 6.45) is 2.10. The van der Waals surface area contributed by atoms with Crippen molar-refractivity contribution in [3.8, 4) is 11.5 Å². The predicted molar refractivity (Wildman–Crippen MR) is 132 cm³/mol. The van der Waals surface area contributed by atoms with Gasteiger partial charge in [0.05, 0.1) is 23.8 Å². The topological polar surface area (TPSA) is 96.9 Å². The number of esters is 1. The molecule has 0 saturated carbocycles. The highest BCUT2D eigenvalue weighted by Crippen LogP contribution is 2.36. The van der Waals surface area contributed by atoms with Gasteiger partial charge in [-0.15, -0.1) is 12.4 Å². The Morgan fingerprint density at radius 1 is 1.22 bits per heavy atom. The molecule has 2 aromatic rings. The van der Waals surface area contributed by atoms with Gasteiger partial charge in [0.2, 0.25) is 0 Å². The van der Waals surface area contributed by atoms with Gasteiger partial charge in [-0.25, -0.2) is 4.79 Å². The molecule has 0 saturated heterocycles. The number of methoxy groups -OCH3 is 1. The van der Waals surface area contributed by atoms with Crippen LogP contribution in [0.1, 0.15) is 35.8 Å². The maximum absolute atomic E-state index is 13.0. The van der Waals surface area contributed by atoms with Gasteiger partial charge in [-0.3, -0.25) is 4.79 Å². The molecule has 0 bridgehead atoms. The molecule has 0 aliphatic rings. The fraction of sp³-hybridized carbons (Fsp3) is 0.391. The lowest BCUT2D eigenvalue weighted by molar-refractivity contribution is -0.142. The van der Waals surface area contributed by atoms with E-state index in [4.69, 9.17) is 9.47 Å². The molecule has 3 N–H and O–H groups in total. The average Bonchev–Trinajstić information content (AvgIpc) is 2.76. The van der Waals surface area contributed by atoms with Crippen LogP contribution in [0.4, 0.5) is 0 Å². The minimum absolute atomic E-state index is 0. The number of aromatic hydroxyl groups is 1. The second-order valence-electron chi connectivity index (χ2n) is 7.11. The van der Waals surface area contributed by atoms with Crippen molar-refractivity contribution >= 4 is 40.2 Å². The van der Waals surface area contributed by atoms with Crippen LogP contribution in [0.3, 0.4) is 0 Å². The van der Waals surface area contributed by atoms with E-state index in [9.17, 15) is 14.7 Å². The normalized spacial score (nSPS) is 11.2. The number of phenolic OH excluding ortho intramolecular Hbond substituents is 1. The molecule has 1 atom stereocenters. The van der Waals surface area contributed by atoms with Crippen LogP contribution in [0.5, 0.6) is 11.5 Å². The number of ether oxygens (including phenoxy) is 2. The third-order valence-corrected chi connectivity index (χ3v) is 5.81. The van der Waals surface area contributed by atoms with Crippen molar-refractivity contribution in [3.63, 3.8) is 0 Å². The zero-order chi connectivity index (χ0) is 22.8. The molecular formula is C23H32BrClN2O5.